The Morgan fingerprint density at radius 1 is 1.10 bits per heavy atom. The molecule has 0 aromatic carbocycles. The van der Waals surface area contributed by atoms with E-state index in [1.807, 2.05) is 24.8 Å². The molecule has 0 N–H and O–H groups in total. The standard InChI is InChI=1S/C16H27N3O/c1-5-14(6-2)13-15(17-8-4)18-9-11-19(12-10-18)16(20)7-3/h5,13H,1,6-12H2,2-4H3/b14-13+,17-15?. The largest absolute Gasteiger partial charge is 0.353 e. The van der Waals surface area contributed by atoms with Gasteiger partial charge < -0.3 is 9.80 Å². The molecule has 0 aromatic rings. The Hall–Kier alpha value is -1.58. The van der Waals surface area contributed by atoms with E-state index in [0.29, 0.717) is 6.42 Å². The van der Waals surface area contributed by atoms with Crippen molar-refractivity contribution in [2.24, 2.45) is 4.99 Å². The molecular weight excluding hydrogens is 250 g/mol. The van der Waals surface area contributed by atoms with Crippen molar-refractivity contribution in [1.29, 1.82) is 0 Å². The summed E-state index contributed by atoms with van der Waals surface area (Å²) >= 11 is 0. The lowest BCUT2D eigenvalue weighted by Gasteiger charge is -2.36. The molecule has 1 heterocycles. The van der Waals surface area contributed by atoms with E-state index in [1.54, 1.807) is 0 Å². The van der Waals surface area contributed by atoms with Gasteiger partial charge in [0.2, 0.25) is 5.91 Å². The molecule has 4 nitrogen and oxygen atoms in total. The number of hydrogen-bond donors (Lipinski definition) is 0. The molecule has 1 fully saturated rings. The minimum absolute atomic E-state index is 0.245. The Morgan fingerprint density at radius 3 is 2.15 bits per heavy atom. The maximum absolute atomic E-state index is 11.7. The van der Waals surface area contributed by atoms with Crippen molar-refractivity contribution in [2.45, 2.75) is 33.6 Å². The number of rotatable bonds is 5. The van der Waals surface area contributed by atoms with Crippen LogP contribution in [0.2, 0.25) is 0 Å². The second-order valence-corrected chi connectivity index (χ2v) is 4.83. The number of aliphatic imine (C=N–C) groups is 1. The van der Waals surface area contributed by atoms with E-state index in [2.05, 4.69) is 29.5 Å². The summed E-state index contributed by atoms with van der Waals surface area (Å²) in [6.45, 7) is 14.0. The molecule has 0 aliphatic carbocycles. The molecule has 0 aromatic heterocycles. The van der Waals surface area contributed by atoms with Crippen LogP contribution in [-0.2, 0) is 4.79 Å². The van der Waals surface area contributed by atoms with E-state index < -0.39 is 0 Å². The molecule has 1 aliphatic heterocycles. The molecule has 0 atom stereocenters. The zero-order valence-corrected chi connectivity index (χ0v) is 13.1. The number of amides is 1. The first kappa shape index (κ1) is 16.5. The van der Waals surface area contributed by atoms with E-state index in [1.165, 1.54) is 5.57 Å². The van der Waals surface area contributed by atoms with Crippen LogP contribution in [0.15, 0.2) is 29.3 Å². The number of amidine groups is 1. The number of allylic oxidation sites excluding steroid dienone is 2. The van der Waals surface area contributed by atoms with Crippen molar-refractivity contribution < 1.29 is 4.79 Å². The third kappa shape index (κ3) is 4.51. The smallest absolute Gasteiger partial charge is 0.222 e. The van der Waals surface area contributed by atoms with Crippen molar-refractivity contribution >= 4 is 11.7 Å². The molecule has 1 rings (SSSR count). The van der Waals surface area contributed by atoms with E-state index >= 15 is 0 Å². The second-order valence-electron chi connectivity index (χ2n) is 4.83. The SMILES string of the molecule is C=C/C(=C\C(=NCC)N1CCN(C(=O)CC)CC1)CC. The molecular formula is C16H27N3O. The highest BCUT2D eigenvalue weighted by Crippen LogP contribution is 2.09. The summed E-state index contributed by atoms with van der Waals surface area (Å²) in [7, 11) is 0. The normalized spacial score (nSPS) is 17.4. The van der Waals surface area contributed by atoms with Gasteiger partial charge in [-0.05, 0) is 25.0 Å². The summed E-state index contributed by atoms with van der Waals surface area (Å²) in [5, 5.41) is 0. The van der Waals surface area contributed by atoms with Gasteiger partial charge in [-0.2, -0.15) is 0 Å². The van der Waals surface area contributed by atoms with Crippen molar-refractivity contribution in [3.63, 3.8) is 0 Å². The molecule has 0 bridgehead atoms. The van der Waals surface area contributed by atoms with E-state index in [-0.39, 0.29) is 5.91 Å². The highest BCUT2D eigenvalue weighted by Gasteiger charge is 2.21. The van der Waals surface area contributed by atoms with Crippen LogP contribution in [-0.4, -0.2) is 54.3 Å². The third-order valence-corrected chi connectivity index (χ3v) is 3.56. The first-order valence-corrected chi connectivity index (χ1v) is 7.56. The minimum Gasteiger partial charge on any atom is -0.353 e. The topological polar surface area (TPSA) is 35.9 Å². The number of carbonyl (C=O) groups excluding carboxylic acids is 1. The molecule has 0 saturated carbocycles. The molecule has 1 aliphatic rings. The van der Waals surface area contributed by atoms with Crippen LogP contribution in [0.3, 0.4) is 0 Å². The number of carbonyl (C=O) groups is 1. The summed E-state index contributed by atoms with van der Waals surface area (Å²) in [5.74, 6) is 1.27. The fourth-order valence-corrected chi connectivity index (χ4v) is 2.28. The van der Waals surface area contributed by atoms with Crippen LogP contribution in [0.25, 0.3) is 0 Å². The van der Waals surface area contributed by atoms with E-state index in [9.17, 15) is 4.79 Å². The average molecular weight is 277 g/mol. The highest BCUT2D eigenvalue weighted by molar-refractivity contribution is 5.94. The van der Waals surface area contributed by atoms with Gasteiger partial charge in [-0.3, -0.25) is 9.79 Å². The van der Waals surface area contributed by atoms with Crippen LogP contribution in [0.4, 0.5) is 0 Å². The first-order valence-electron chi connectivity index (χ1n) is 7.56. The van der Waals surface area contributed by atoms with Crippen molar-refractivity contribution in [1.82, 2.24) is 9.80 Å². The van der Waals surface area contributed by atoms with Gasteiger partial charge in [0.15, 0.2) is 0 Å². The predicted octanol–water partition coefficient (Wildman–Crippen LogP) is 2.48. The van der Waals surface area contributed by atoms with Gasteiger partial charge in [-0.25, -0.2) is 0 Å². The van der Waals surface area contributed by atoms with Crippen molar-refractivity contribution in [3.8, 4) is 0 Å². The Bertz CT molecular complexity index is 391. The van der Waals surface area contributed by atoms with Crippen molar-refractivity contribution in [3.05, 3.63) is 24.3 Å². The zero-order valence-electron chi connectivity index (χ0n) is 13.1. The quantitative estimate of drug-likeness (QED) is 0.440. The predicted molar refractivity (Wildman–Crippen MR) is 85.0 cm³/mol. The second kappa shape index (κ2) is 8.56. The molecule has 0 radical (unpaired) electrons. The number of nitrogens with zero attached hydrogens (tertiary/aromatic N) is 3. The van der Waals surface area contributed by atoms with Gasteiger partial charge in [0.05, 0.1) is 0 Å². The van der Waals surface area contributed by atoms with Crippen LogP contribution in [0.1, 0.15) is 33.6 Å². The fraction of sp³-hybridized carbons (Fsp3) is 0.625. The Morgan fingerprint density at radius 2 is 1.70 bits per heavy atom. The van der Waals surface area contributed by atoms with Gasteiger partial charge in [0, 0.05) is 39.1 Å². The summed E-state index contributed by atoms with van der Waals surface area (Å²) in [6, 6.07) is 0. The lowest BCUT2D eigenvalue weighted by molar-refractivity contribution is -0.132. The molecule has 1 amide bonds. The summed E-state index contributed by atoms with van der Waals surface area (Å²) < 4.78 is 0. The van der Waals surface area contributed by atoms with Gasteiger partial charge >= 0.3 is 0 Å². The summed E-state index contributed by atoms with van der Waals surface area (Å²) in [6.07, 6.45) is 5.56. The van der Waals surface area contributed by atoms with Crippen LogP contribution in [0.5, 0.6) is 0 Å². The number of hydrogen-bond acceptors (Lipinski definition) is 2. The monoisotopic (exact) mass is 277 g/mol. The highest BCUT2D eigenvalue weighted by atomic mass is 16.2. The van der Waals surface area contributed by atoms with Gasteiger partial charge in [0.25, 0.3) is 0 Å². The fourth-order valence-electron chi connectivity index (χ4n) is 2.28. The van der Waals surface area contributed by atoms with Crippen LogP contribution >= 0.6 is 0 Å². The molecule has 112 valence electrons. The van der Waals surface area contributed by atoms with E-state index in [0.717, 1.165) is 45.0 Å². The molecule has 20 heavy (non-hydrogen) atoms. The van der Waals surface area contributed by atoms with Gasteiger partial charge in [-0.1, -0.05) is 26.5 Å². The first-order chi connectivity index (χ1) is 9.65. The Kier molecular flexibility index (Phi) is 7.05. The van der Waals surface area contributed by atoms with Crippen molar-refractivity contribution in [2.75, 3.05) is 32.7 Å². The average Bonchev–Trinajstić information content (AvgIpc) is 2.50. The number of piperazine rings is 1. The molecule has 4 heteroatoms. The Labute approximate surface area is 122 Å². The Balaban J connectivity index is 2.72. The minimum atomic E-state index is 0.245. The molecule has 0 unspecified atom stereocenters. The summed E-state index contributed by atoms with van der Waals surface area (Å²) in [4.78, 5) is 20.5. The maximum atomic E-state index is 11.7. The van der Waals surface area contributed by atoms with Crippen LogP contribution < -0.4 is 0 Å². The van der Waals surface area contributed by atoms with Gasteiger partial charge in [0.1, 0.15) is 5.84 Å². The summed E-state index contributed by atoms with van der Waals surface area (Å²) in [5.41, 5.74) is 1.20. The molecule has 0 spiro atoms. The van der Waals surface area contributed by atoms with Crippen LogP contribution in [0, 0.1) is 0 Å². The third-order valence-electron chi connectivity index (χ3n) is 3.56. The molecule has 1 saturated heterocycles. The lowest BCUT2D eigenvalue weighted by Crippen LogP contribution is -2.50. The van der Waals surface area contributed by atoms with Gasteiger partial charge in [-0.15, -0.1) is 0 Å². The zero-order chi connectivity index (χ0) is 15.0. The lowest BCUT2D eigenvalue weighted by atomic mass is 10.1. The van der Waals surface area contributed by atoms with E-state index in [4.69, 9.17) is 0 Å². The maximum Gasteiger partial charge on any atom is 0.222 e.